The largest absolute Gasteiger partial charge is 0.487 e. The van der Waals surface area contributed by atoms with E-state index in [2.05, 4.69) is 26.6 Å². The van der Waals surface area contributed by atoms with Crippen LogP contribution in [-0.4, -0.2) is 47.1 Å². The van der Waals surface area contributed by atoms with E-state index in [0.29, 0.717) is 23.0 Å². The predicted molar refractivity (Wildman–Crippen MR) is 115 cm³/mol. The number of hydrogen-bond acceptors (Lipinski definition) is 7. The van der Waals surface area contributed by atoms with Crippen LogP contribution in [0.15, 0.2) is 47.6 Å². The molecule has 0 saturated heterocycles. The molecule has 1 aliphatic heterocycles. The van der Waals surface area contributed by atoms with E-state index in [1.165, 1.54) is 11.8 Å². The normalized spacial score (nSPS) is 14.7. The van der Waals surface area contributed by atoms with Gasteiger partial charge < -0.3 is 14.8 Å². The average Bonchev–Trinajstić information content (AvgIpc) is 3.19. The van der Waals surface area contributed by atoms with E-state index in [4.69, 9.17) is 9.47 Å². The Labute approximate surface area is 179 Å². The Morgan fingerprint density at radius 1 is 1.30 bits per heavy atom. The molecule has 1 aromatic carbocycles. The molecule has 0 unspecified atom stereocenters. The Hall–Kier alpha value is -3.13. The molecule has 0 radical (unpaired) electrons. The lowest BCUT2D eigenvalue weighted by molar-refractivity contribution is 0.0930. The first-order valence-electron chi connectivity index (χ1n) is 9.54. The van der Waals surface area contributed by atoms with Gasteiger partial charge >= 0.3 is 0 Å². The van der Waals surface area contributed by atoms with Crippen molar-refractivity contribution in [2.75, 3.05) is 19.9 Å². The molecular formula is C22H22N4O3S. The van der Waals surface area contributed by atoms with Crippen LogP contribution in [0.25, 0.3) is 11.3 Å². The number of fused-ring (bicyclic) bond motifs is 1. The van der Waals surface area contributed by atoms with Gasteiger partial charge in [-0.1, -0.05) is 6.07 Å². The number of carbonyl (C=O) groups excluding carboxylic acids is 1. The van der Waals surface area contributed by atoms with Crippen LogP contribution in [0, 0.1) is 6.92 Å². The number of amides is 1. The first-order chi connectivity index (χ1) is 14.6. The number of hydrogen-bond donors (Lipinski definition) is 1. The summed E-state index contributed by atoms with van der Waals surface area (Å²) < 4.78 is 11.3. The number of aryl methyl sites for hydroxylation is 1. The lowest BCUT2D eigenvalue weighted by atomic mass is 10.0. The number of benzene rings is 1. The van der Waals surface area contributed by atoms with Gasteiger partial charge in [-0.15, -0.1) is 22.0 Å². The summed E-state index contributed by atoms with van der Waals surface area (Å²) in [7, 11) is 1.56. The van der Waals surface area contributed by atoms with Gasteiger partial charge in [0, 0.05) is 24.2 Å². The molecule has 1 aliphatic rings. The van der Waals surface area contributed by atoms with E-state index >= 15 is 0 Å². The zero-order chi connectivity index (χ0) is 21.1. The molecule has 0 saturated carbocycles. The summed E-state index contributed by atoms with van der Waals surface area (Å²) in [6, 6.07) is 11.3. The second-order valence-corrected chi connectivity index (χ2v) is 7.77. The van der Waals surface area contributed by atoms with Gasteiger partial charge in [-0.25, -0.2) is 4.98 Å². The van der Waals surface area contributed by atoms with Crippen molar-refractivity contribution in [3.63, 3.8) is 0 Å². The Morgan fingerprint density at radius 3 is 2.90 bits per heavy atom. The minimum absolute atomic E-state index is 0.148. The van der Waals surface area contributed by atoms with Crippen molar-refractivity contribution < 1.29 is 14.3 Å². The third-order valence-electron chi connectivity index (χ3n) is 4.87. The lowest BCUT2D eigenvalue weighted by Crippen LogP contribution is -2.34. The van der Waals surface area contributed by atoms with Gasteiger partial charge in [-0.2, -0.15) is 0 Å². The van der Waals surface area contributed by atoms with Crippen LogP contribution in [-0.2, 0) is 6.42 Å². The van der Waals surface area contributed by atoms with E-state index in [1.54, 1.807) is 31.5 Å². The Morgan fingerprint density at radius 2 is 2.17 bits per heavy atom. The maximum atomic E-state index is 12.6. The number of nitrogens with one attached hydrogen (secondary N) is 1. The minimum atomic E-state index is -0.149. The van der Waals surface area contributed by atoms with E-state index < -0.39 is 0 Å². The molecule has 154 valence electrons. The molecule has 0 fully saturated rings. The molecular weight excluding hydrogens is 400 g/mol. The van der Waals surface area contributed by atoms with Crippen molar-refractivity contribution in [2.45, 2.75) is 24.5 Å². The van der Waals surface area contributed by atoms with Gasteiger partial charge in [0.15, 0.2) is 0 Å². The number of thioether (sulfide) groups is 1. The third kappa shape index (κ3) is 4.09. The smallest absolute Gasteiger partial charge is 0.254 e. The highest BCUT2D eigenvalue weighted by Crippen LogP contribution is 2.39. The highest BCUT2D eigenvalue weighted by Gasteiger charge is 2.27. The summed E-state index contributed by atoms with van der Waals surface area (Å²) in [5, 5.41) is 12.0. The van der Waals surface area contributed by atoms with Gasteiger partial charge in [0.25, 0.3) is 5.91 Å². The summed E-state index contributed by atoms with van der Waals surface area (Å²) in [5.74, 6) is 1.11. The van der Waals surface area contributed by atoms with Crippen LogP contribution < -0.4 is 14.8 Å². The van der Waals surface area contributed by atoms with Crippen molar-refractivity contribution in [3.05, 3.63) is 59.3 Å². The van der Waals surface area contributed by atoms with Crippen LogP contribution in [0.5, 0.6) is 11.6 Å². The molecule has 0 spiro atoms. The summed E-state index contributed by atoms with van der Waals surface area (Å²) in [4.78, 5) is 16.9. The van der Waals surface area contributed by atoms with Crippen molar-refractivity contribution >= 4 is 17.7 Å². The number of pyridine rings is 1. The highest BCUT2D eigenvalue weighted by atomic mass is 32.2. The van der Waals surface area contributed by atoms with Crippen LogP contribution in [0.3, 0.4) is 0 Å². The van der Waals surface area contributed by atoms with Gasteiger partial charge in [-0.3, -0.25) is 4.79 Å². The van der Waals surface area contributed by atoms with E-state index in [1.807, 2.05) is 25.3 Å². The molecule has 0 aliphatic carbocycles. The summed E-state index contributed by atoms with van der Waals surface area (Å²) in [6.07, 6.45) is 4.16. The predicted octanol–water partition coefficient (Wildman–Crippen LogP) is 3.31. The molecule has 1 N–H and O–H groups in total. The van der Waals surface area contributed by atoms with Gasteiger partial charge in [0.1, 0.15) is 16.9 Å². The van der Waals surface area contributed by atoms with E-state index in [-0.39, 0.29) is 12.0 Å². The Bertz CT molecular complexity index is 1070. The fraction of sp³-hybridized carbons (Fsp3) is 0.273. The number of aromatic nitrogens is 3. The second kappa shape index (κ2) is 8.71. The molecule has 3 heterocycles. The molecule has 7 nitrogen and oxygen atoms in total. The van der Waals surface area contributed by atoms with Gasteiger partial charge in [0.05, 0.1) is 24.9 Å². The maximum absolute atomic E-state index is 12.6. The van der Waals surface area contributed by atoms with Crippen molar-refractivity contribution in [2.24, 2.45) is 0 Å². The number of carbonyl (C=O) groups is 1. The standard InChI is InChI=1S/C22H22N4O3S/c1-13-9-14-11-15(12-24-21(27)16-5-4-8-23-22(16)30-3)29-20(14)17(10-13)18-6-7-19(28-2)26-25-18/h4-10,15H,11-12H2,1-3H3,(H,24,27)/t15-/m0/s1. The summed E-state index contributed by atoms with van der Waals surface area (Å²) in [5.41, 5.74) is 4.42. The third-order valence-corrected chi connectivity index (χ3v) is 5.58. The van der Waals surface area contributed by atoms with Crippen LogP contribution in [0.4, 0.5) is 0 Å². The average molecular weight is 423 g/mol. The van der Waals surface area contributed by atoms with Crippen molar-refractivity contribution in [1.82, 2.24) is 20.5 Å². The molecule has 3 aromatic rings. The highest BCUT2D eigenvalue weighted by molar-refractivity contribution is 7.98. The number of ether oxygens (including phenoxy) is 2. The van der Waals surface area contributed by atoms with E-state index in [9.17, 15) is 4.79 Å². The van der Waals surface area contributed by atoms with Crippen molar-refractivity contribution in [3.8, 4) is 22.9 Å². The fourth-order valence-electron chi connectivity index (χ4n) is 3.50. The molecule has 30 heavy (non-hydrogen) atoms. The summed E-state index contributed by atoms with van der Waals surface area (Å²) in [6.45, 7) is 2.45. The topological polar surface area (TPSA) is 86.2 Å². The van der Waals surface area contributed by atoms with E-state index in [0.717, 1.165) is 34.6 Å². The second-order valence-electron chi connectivity index (χ2n) is 6.98. The van der Waals surface area contributed by atoms with Crippen LogP contribution >= 0.6 is 11.8 Å². The number of rotatable bonds is 6. The molecule has 4 rings (SSSR count). The zero-order valence-electron chi connectivity index (χ0n) is 17.0. The minimum Gasteiger partial charge on any atom is -0.487 e. The monoisotopic (exact) mass is 422 g/mol. The van der Waals surface area contributed by atoms with Crippen LogP contribution in [0.2, 0.25) is 0 Å². The quantitative estimate of drug-likeness (QED) is 0.610. The van der Waals surface area contributed by atoms with Crippen LogP contribution in [0.1, 0.15) is 21.5 Å². The number of methoxy groups -OCH3 is 1. The number of nitrogens with zero attached hydrogens (tertiary/aromatic N) is 3. The lowest BCUT2D eigenvalue weighted by Gasteiger charge is -2.14. The summed E-state index contributed by atoms with van der Waals surface area (Å²) >= 11 is 1.45. The Balaban J connectivity index is 1.49. The molecule has 2 aromatic heterocycles. The molecule has 1 amide bonds. The SMILES string of the molecule is COc1ccc(-c2cc(C)cc3c2O[C@H](CNC(=O)c2cccnc2SC)C3)nn1. The van der Waals surface area contributed by atoms with Gasteiger partial charge in [-0.05, 0) is 48.6 Å². The maximum Gasteiger partial charge on any atom is 0.254 e. The van der Waals surface area contributed by atoms with Gasteiger partial charge in [0.2, 0.25) is 5.88 Å². The molecule has 0 bridgehead atoms. The zero-order valence-corrected chi connectivity index (χ0v) is 17.8. The fourth-order valence-corrected chi connectivity index (χ4v) is 4.04. The first-order valence-corrected chi connectivity index (χ1v) is 10.8. The molecule has 1 atom stereocenters. The Kier molecular flexibility index (Phi) is 5.85. The molecule has 8 heteroatoms. The first kappa shape index (κ1) is 20.2. The van der Waals surface area contributed by atoms with Crippen molar-refractivity contribution in [1.29, 1.82) is 0 Å².